The molecule has 0 saturated heterocycles. The summed E-state index contributed by atoms with van der Waals surface area (Å²) < 4.78 is 64.3. The van der Waals surface area contributed by atoms with E-state index in [1.54, 1.807) is 0 Å². The fourth-order valence-corrected chi connectivity index (χ4v) is 1.25. The Kier molecular flexibility index (Phi) is 3.57. The van der Waals surface area contributed by atoms with Gasteiger partial charge in [0.05, 0.1) is 5.56 Å². The Hall–Kier alpha value is -1.11. The minimum absolute atomic E-state index is 0.169. The second-order valence-electron chi connectivity index (χ2n) is 2.82. The van der Waals surface area contributed by atoms with Crippen LogP contribution in [0.2, 0.25) is 5.15 Å². The molecule has 2 nitrogen and oxygen atoms in total. The van der Waals surface area contributed by atoms with Gasteiger partial charge in [0, 0.05) is 11.8 Å². The average Bonchev–Trinajstić information content (AvgIpc) is 2.08. The lowest BCUT2D eigenvalue weighted by molar-refractivity contribution is -0.275. The number of hydrogen-bond acceptors (Lipinski definition) is 2. The summed E-state index contributed by atoms with van der Waals surface area (Å²) >= 11 is 5.29. The first-order valence-electron chi connectivity index (χ1n) is 3.91. The van der Waals surface area contributed by atoms with E-state index in [1.165, 1.54) is 0 Å². The molecule has 0 fully saturated rings. The van der Waals surface area contributed by atoms with Crippen LogP contribution in [0.5, 0.6) is 5.75 Å². The summed E-state index contributed by atoms with van der Waals surface area (Å²) in [6.07, 6.45) is -7.33. The Bertz CT molecular complexity index is 393. The highest BCUT2D eigenvalue weighted by Crippen LogP contribution is 2.38. The molecule has 1 aromatic heterocycles. The van der Waals surface area contributed by atoms with Crippen molar-refractivity contribution < 1.29 is 26.7 Å². The van der Waals surface area contributed by atoms with Gasteiger partial charge in [0.2, 0.25) is 0 Å². The molecule has 8 heteroatoms. The zero-order valence-electron chi connectivity index (χ0n) is 7.78. The molecule has 0 N–H and O–H groups in total. The van der Waals surface area contributed by atoms with Gasteiger partial charge in [-0.05, 0) is 6.92 Å². The first kappa shape index (κ1) is 13.0. The minimum atomic E-state index is -5.06. The third-order valence-electron chi connectivity index (χ3n) is 1.63. The van der Waals surface area contributed by atoms with Gasteiger partial charge in [-0.3, -0.25) is 0 Å². The summed E-state index contributed by atoms with van der Waals surface area (Å²) in [6, 6.07) is 0. The van der Waals surface area contributed by atoms with Crippen molar-refractivity contribution in [3.05, 3.63) is 22.5 Å². The zero-order valence-corrected chi connectivity index (χ0v) is 8.53. The Morgan fingerprint density at radius 3 is 2.38 bits per heavy atom. The first-order valence-corrected chi connectivity index (χ1v) is 4.29. The third kappa shape index (κ3) is 2.94. The molecule has 1 heterocycles. The van der Waals surface area contributed by atoms with Gasteiger partial charge >= 0.3 is 6.36 Å². The number of hydrogen-bond donors (Lipinski definition) is 0. The van der Waals surface area contributed by atoms with E-state index < -0.39 is 29.3 Å². The highest BCUT2D eigenvalue weighted by molar-refractivity contribution is 6.30. The molecule has 0 bridgehead atoms. The van der Waals surface area contributed by atoms with Crippen LogP contribution in [0, 0.1) is 6.92 Å². The van der Waals surface area contributed by atoms with Crippen LogP contribution in [0.25, 0.3) is 0 Å². The maximum atomic E-state index is 12.5. The summed E-state index contributed by atoms with van der Waals surface area (Å²) in [4.78, 5) is 3.33. The predicted molar refractivity (Wildman–Crippen MR) is 45.6 cm³/mol. The van der Waals surface area contributed by atoms with E-state index in [0.29, 0.717) is 0 Å². The molecule has 0 unspecified atom stereocenters. The van der Waals surface area contributed by atoms with Crippen molar-refractivity contribution >= 4 is 11.6 Å². The van der Waals surface area contributed by atoms with E-state index in [-0.39, 0.29) is 5.56 Å². The van der Waals surface area contributed by atoms with Gasteiger partial charge in [-0.2, -0.15) is 0 Å². The Labute approximate surface area is 92.0 Å². The van der Waals surface area contributed by atoms with Gasteiger partial charge in [-0.25, -0.2) is 13.8 Å². The summed E-state index contributed by atoms with van der Waals surface area (Å²) in [5.41, 5.74) is -1.23. The molecule has 1 aromatic rings. The standard InChI is InChI=1S/C8H5ClF5NO/c1-3-2-15-6(9)4(7(10)11)5(3)16-8(12,13)14/h2,7H,1H3. The highest BCUT2D eigenvalue weighted by atomic mass is 35.5. The second-order valence-corrected chi connectivity index (χ2v) is 3.18. The number of ether oxygens (including phenoxy) is 1. The number of aromatic nitrogens is 1. The lowest BCUT2D eigenvalue weighted by Crippen LogP contribution is -2.19. The van der Waals surface area contributed by atoms with Crippen LogP contribution in [0.3, 0.4) is 0 Å². The SMILES string of the molecule is Cc1cnc(Cl)c(C(F)F)c1OC(F)(F)F. The van der Waals surface area contributed by atoms with Gasteiger partial charge < -0.3 is 4.74 Å². The van der Waals surface area contributed by atoms with Crippen molar-refractivity contribution in [3.8, 4) is 5.75 Å². The van der Waals surface area contributed by atoms with Crippen LogP contribution >= 0.6 is 11.6 Å². The second kappa shape index (κ2) is 4.40. The fourth-order valence-electron chi connectivity index (χ4n) is 1.03. The summed E-state index contributed by atoms with van der Waals surface area (Å²) in [5, 5.41) is -0.708. The third-order valence-corrected chi connectivity index (χ3v) is 1.93. The Morgan fingerprint density at radius 1 is 1.38 bits per heavy atom. The molecule has 90 valence electrons. The highest BCUT2D eigenvalue weighted by Gasteiger charge is 2.35. The number of aryl methyl sites for hydroxylation is 1. The largest absolute Gasteiger partial charge is 0.573 e. The van der Waals surface area contributed by atoms with E-state index in [4.69, 9.17) is 11.6 Å². The minimum Gasteiger partial charge on any atom is -0.405 e. The number of nitrogens with zero attached hydrogens (tertiary/aromatic N) is 1. The first-order chi connectivity index (χ1) is 7.22. The maximum absolute atomic E-state index is 12.5. The van der Waals surface area contributed by atoms with Crippen molar-refractivity contribution in [2.75, 3.05) is 0 Å². The van der Waals surface area contributed by atoms with Crippen LogP contribution in [0.15, 0.2) is 6.20 Å². The Morgan fingerprint density at radius 2 is 1.94 bits per heavy atom. The van der Waals surface area contributed by atoms with Crippen molar-refractivity contribution in [2.45, 2.75) is 19.7 Å². The molecule has 0 atom stereocenters. The average molecular weight is 262 g/mol. The van der Waals surface area contributed by atoms with E-state index in [0.717, 1.165) is 13.1 Å². The van der Waals surface area contributed by atoms with Crippen molar-refractivity contribution in [1.29, 1.82) is 0 Å². The zero-order chi connectivity index (χ0) is 12.5. The number of alkyl halides is 5. The molecule has 0 aromatic carbocycles. The van der Waals surface area contributed by atoms with Crippen LogP contribution in [0.4, 0.5) is 22.0 Å². The summed E-state index contributed by atoms with van der Waals surface area (Å²) in [7, 11) is 0. The monoisotopic (exact) mass is 261 g/mol. The molecule has 0 saturated carbocycles. The lowest BCUT2D eigenvalue weighted by Gasteiger charge is -2.15. The van der Waals surface area contributed by atoms with Crippen molar-refractivity contribution in [3.63, 3.8) is 0 Å². The van der Waals surface area contributed by atoms with Crippen LogP contribution in [-0.2, 0) is 0 Å². The normalized spacial score (nSPS) is 12.0. The van der Waals surface area contributed by atoms with E-state index in [1.807, 2.05) is 0 Å². The smallest absolute Gasteiger partial charge is 0.405 e. The predicted octanol–water partition coefficient (Wildman–Crippen LogP) is 3.88. The van der Waals surface area contributed by atoms with Gasteiger partial charge in [0.1, 0.15) is 10.9 Å². The maximum Gasteiger partial charge on any atom is 0.573 e. The molecule has 0 aliphatic rings. The van der Waals surface area contributed by atoms with Gasteiger partial charge in [0.25, 0.3) is 6.43 Å². The van der Waals surface area contributed by atoms with Crippen molar-refractivity contribution in [2.24, 2.45) is 0 Å². The summed E-state index contributed by atoms with van der Waals surface area (Å²) in [5.74, 6) is -0.998. The topological polar surface area (TPSA) is 22.1 Å². The molecule has 0 aliphatic carbocycles. The number of halogens is 6. The summed E-state index contributed by atoms with van der Waals surface area (Å²) in [6.45, 7) is 1.16. The Balaban J connectivity index is 3.29. The fraction of sp³-hybridized carbons (Fsp3) is 0.375. The molecular formula is C8H5ClF5NO. The molecule has 0 radical (unpaired) electrons. The number of rotatable bonds is 2. The van der Waals surface area contributed by atoms with Crippen LogP contribution in [0.1, 0.15) is 17.6 Å². The quantitative estimate of drug-likeness (QED) is 0.595. The molecular weight excluding hydrogens is 257 g/mol. The lowest BCUT2D eigenvalue weighted by atomic mass is 10.2. The molecule has 0 spiro atoms. The van der Waals surface area contributed by atoms with E-state index >= 15 is 0 Å². The van der Waals surface area contributed by atoms with E-state index in [2.05, 4.69) is 9.72 Å². The van der Waals surface area contributed by atoms with Crippen LogP contribution in [-0.4, -0.2) is 11.3 Å². The van der Waals surface area contributed by atoms with Gasteiger partial charge in [-0.1, -0.05) is 11.6 Å². The molecule has 0 aliphatic heterocycles. The van der Waals surface area contributed by atoms with Gasteiger partial charge in [0.15, 0.2) is 0 Å². The molecule has 1 rings (SSSR count). The molecule has 16 heavy (non-hydrogen) atoms. The van der Waals surface area contributed by atoms with Gasteiger partial charge in [-0.15, -0.1) is 13.2 Å². The van der Waals surface area contributed by atoms with E-state index in [9.17, 15) is 22.0 Å². The molecule has 0 amide bonds. The van der Waals surface area contributed by atoms with Crippen LogP contribution < -0.4 is 4.74 Å². The van der Waals surface area contributed by atoms with Crippen molar-refractivity contribution in [1.82, 2.24) is 4.98 Å². The number of pyridine rings is 1.